The van der Waals surface area contributed by atoms with Gasteiger partial charge in [0, 0.05) is 19.8 Å². The summed E-state index contributed by atoms with van der Waals surface area (Å²) in [6.07, 6.45) is 1.42. The lowest BCUT2D eigenvalue weighted by Crippen LogP contribution is -2.42. The Bertz CT molecular complexity index is 1140. The Morgan fingerprint density at radius 2 is 1.85 bits per heavy atom. The third kappa shape index (κ3) is 2.95. The van der Waals surface area contributed by atoms with Gasteiger partial charge < -0.3 is 15.6 Å². The number of hydrogen-bond acceptors (Lipinski definition) is 5. The predicted octanol–water partition coefficient (Wildman–Crippen LogP) is 0.961. The number of carbonyl (C=O) groups excluding carboxylic acids is 1. The lowest BCUT2D eigenvalue weighted by molar-refractivity contribution is -0.116. The zero-order valence-electron chi connectivity index (χ0n) is 13.8. The van der Waals surface area contributed by atoms with Crippen LogP contribution in [-0.4, -0.2) is 24.6 Å². The van der Waals surface area contributed by atoms with Crippen molar-refractivity contribution in [1.29, 1.82) is 0 Å². The Morgan fingerprint density at radius 3 is 2.46 bits per heavy atom. The van der Waals surface area contributed by atoms with Crippen LogP contribution in [0.4, 0.5) is 11.4 Å². The van der Waals surface area contributed by atoms with Crippen LogP contribution in [0.1, 0.15) is 0 Å². The molecule has 2 heterocycles. The highest BCUT2D eigenvalue weighted by molar-refractivity contribution is 6.39. The maximum atomic E-state index is 12.6. The maximum Gasteiger partial charge on any atom is 0.332 e. The number of benzene rings is 1. The summed E-state index contributed by atoms with van der Waals surface area (Å²) in [5.74, 6) is -0.595. The van der Waals surface area contributed by atoms with Crippen molar-refractivity contribution in [2.24, 2.45) is 14.1 Å². The first kappa shape index (κ1) is 18.0. The van der Waals surface area contributed by atoms with E-state index in [1.807, 2.05) is 0 Å². The Morgan fingerprint density at radius 1 is 1.23 bits per heavy atom. The van der Waals surface area contributed by atoms with Crippen LogP contribution < -0.4 is 22.3 Å². The first-order chi connectivity index (χ1) is 12.2. The van der Waals surface area contributed by atoms with Crippen molar-refractivity contribution in [2.75, 3.05) is 11.1 Å². The van der Waals surface area contributed by atoms with Crippen molar-refractivity contribution in [3.8, 4) is 0 Å². The second-order valence-corrected chi connectivity index (χ2v) is 6.48. The van der Waals surface area contributed by atoms with Crippen LogP contribution in [0.2, 0.25) is 10.0 Å². The normalized spacial score (nSPS) is 11.1. The van der Waals surface area contributed by atoms with E-state index >= 15 is 0 Å². The number of aromatic nitrogens is 4. The molecule has 1 aromatic carbocycles. The van der Waals surface area contributed by atoms with E-state index in [1.165, 1.54) is 34.6 Å². The van der Waals surface area contributed by atoms with Crippen LogP contribution in [0.15, 0.2) is 28.0 Å². The topological polar surface area (TPSA) is 117 Å². The Labute approximate surface area is 156 Å². The number of imidazole rings is 1. The number of nitrogens with two attached hydrogens (primary N) is 1. The molecule has 3 rings (SSSR count). The lowest BCUT2D eigenvalue weighted by atomic mass is 10.3. The molecule has 26 heavy (non-hydrogen) atoms. The summed E-state index contributed by atoms with van der Waals surface area (Å²) in [6.45, 7) is -0.480. The van der Waals surface area contributed by atoms with Gasteiger partial charge >= 0.3 is 5.69 Å². The lowest BCUT2D eigenvalue weighted by Gasteiger charge is -2.10. The van der Waals surface area contributed by atoms with Gasteiger partial charge in [0.2, 0.25) is 5.91 Å². The number of carbonyl (C=O) groups is 1. The molecule has 0 aliphatic heterocycles. The number of rotatable bonds is 3. The van der Waals surface area contributed by atoms with E-state index in [2.05, 4.69) is 10.3 Å². The SMILES string of the molecule is Cn1cnc2c1c(=O)n(CC(=O)Nc1cc(Cl)c(N)c(Cl)c1)c(=O)n2C. The molecule has 1 amide bonds. The standard InChI is InChI=1S/C15H14Cl2N6O3/c1-21-6-19-13-12(21)14(25)23(15(26)22(13)2)5-10(24)20-7-3-8(16)11(18)9(17)4-7/h3-4,6H,5,18H2,1-2H3,(H,20,24). The van der Waals surface area contributed by atoms with Crippen LogP contribution in [0, 0.1) is 0 Å². The number of nitrogen functional groups attached to an aromatic ring is 1. The minimum Gasteiger partial charge on any atom is -0.396 e. The largest absolute Gasteiger partial charge is 0.396 e. The number of amides is 1. The predicted molar refractivity (Wildman–Crippen MR) is 99.7 cm³/mol. The molecule has 9 nitrogen and oxygen atoms in total. The first-order valence-electron chi connectivity index (χ1n) is 7.36. The van der Waals surface area contributed by atoms with Crippen molar-refractivity contribution in [2.45, 2.75) is 6.54 Å². The number of anilines is 2. The van der Waals surface area contributed by atoms with Crippen molar-refractivity contribution < 1.29 is 4.79 Å². The summed E-state index contributed by atoms with van der Waals surface area (Å²) >= 11 is 11.9. The van der Waals surface area contributed by atoms with Gasteiger partial charge in [-0.3, -0.25) is 14.2 Å². The van der Waals surface area contributed by atoms with Crippen molar-refractivity contribution in [1.82, 2.24) is 18.7 Å². The molecule has 0 aliphatic rings. The van der Waals surface area contributed by atoms with Crippen LogP contribution in [0.25, 0.3) is 11.2 Å². The molecule has 3 aromatic rings. The summed E-state index contributed by atoms with van der Waals surface area (Å²) < 4.78 is 3.53. The second-order valence-electron chi connectivity index (χ2n) is 5.66. The minimum absolute atomic E-state index is 0.178. The molecule has 0 saturated heterocycles. The Hall–Kier alpha value is -2.78. The van der Waals surface area contributed by atoms with Gasteiger partial charge in [-0.2, -0.15) is 0 Å². The molecule has 2 aromatic heterocycles. The summed E-state index contributed by atoms with van der Waals surface area (Å²) in [5, 5.41) is 2.89. The number of aryl methyl sites for hydroxylation is 2. The van der Waals surface area contributed by atoms with Crippen molar-refractivity contribution in [3.63, 3.8) is 0 Å². The molecule has 0 atom stereocenters. The highest BCUT2D eigenvalue weighted by atomic mass is 35.5. The monoisotopic (exact) mass is 396 g/mol. The molecular weight excluding hydrogens is 383 g/mol. The summed E-state index contributed by atoms with van der Waals surface area (Å²) in [4.78, 5) is 41.3. The molecule has 0 spiro atoms. The number of nitrogens with zero attached hydrogens (tertiary/aromatic N) is 4. The number of hydrogen-bond donors (Lipinski definition) is 2. The van der Waals surface area contributed by atoms with E-state index in [1.54, 1.807) is 7.05 Å². The summed E-state index contributed by atoms with van der Waals surface area (Å²) in [5.41, 5.74) is 5.35. The van der Waals surface area contributed by atoms with E-state index in [0.29, 0.717) is 5.69 Å². The molecule has 3 N–H and O–H groups in total. The highest BCUT2D eigenvalue weighted by Crippen LogP contribution is 2.31. The molecule has 0 aliphatic carbocycles. The van der Waals surface area contributed by atoms with Crippen LogP contribution in [0.5, 0.6) is 0 Å². The molecule has 0 bridgehead atoms. The number of nitrogens with one attached hydrogen (secondary N) is 1. The van der Waals surface area contributed by atoms with Gasteiger partial charge in [0.1, 0.15) is 6.54 Å². The van der Waals surface area contributed by atoms with E-state index < -0.39 is 23.7 Å². The summed E-state index contributed by atoms with van der Waals surface area (Å²) in [6, 6.07) is 2.84. The third-order valence-corrected chi connectivity index (χ3v) is 4.49. The fraction of sp³-hybridized carbons (Fsp3) is 0.200. The minimum atomic E-state index is -0.648. The molecular formula is C15H14Cl2N6O3. The molecule has 0 saturated carbocycles. The second kappa shape index (κ2) is 6.50. The van der Waals surface area contributed by atoms with Crippen LogP contribution in [-0.2, 0) is 25.4 Å². The molecule has 0 radical (unpaired) electrons. The maximum absolute atomic E-state index is 12.6. The van der Waals surface area contributed by atoms with Gasteiger partial charge in [-0.05, 0) is 12.1 Å². The van der Waals surface area contributed by atoms with Gasteiger partial charge in [0.25, 0.3) is 5.56 Å². The number of fused-ring (bicyclic) bond motifs is 1. The van der Waals surface area contributed by atoms with Crippen molar-refractivity contribution in [3.05, 3.63) is 49.3 Å². The Kier molecular flexibility index (Phi) is 4.51. The van der Waals surface area contributed by atoms with Gasteiger partial charge in [-0.1, -0.05) is 23.2 Å². The van der Waals surface area contributed by atoms with E-state index in [4.69, 9.17) is 28.9 Å². The van der Waals surface area contributed by atoms with Gasteiger partial charge in [-0.25, -0.2) is 14.3 Å². The van der Waals surface area contributed by atoms with Crippen molar-refractivity contribution >= 4 is 51.6 Å². The van der Waals surface area contributed by atoms with E-state index in [0.717, 1.165) is 4.57 Å². The molecule has 0 fully saturated rings. The van der Waals surface area contributed by atoms with E-state index in [9.17, 15) is 14.4 Å². The zero-order valence-corrected chi connectivity index (χ0v) is 15.3. The fourth-order valence-corrected chi connectivity index (χ4v) is 3.02. The van der Waals surface area contributed by atoms with Gasteiger partial charge in [0.15, 0.2) is 11.2 Å². The molecule has 0 unspecified atom stereocenters. The average Bonchev–Trinajstić information content (AvgIpc) is 2.96. The quantitative estimate of drug-likeness (QED) is 0.639. The van der Waals surface area contributed by atoms with E-state index in [-0.39, 0.29) is 26.9 Å². The first-order valence-corrected chi connectivity index (χ1v) is 8.11. The third-order valence-electron chi connectivity index (χ3n) is 3.87. The zero-order chi connectivity index (χ0) is 19.2. The smallest absolute Gasteiger partial charge is 0.332 e. The summed E-state index contributed by atoms with van der Waals surface area (Å²) in [7, 11) is 3.11. The van der Waals surface area contributed by atoms with Crippen LogP contribution in [0.3, 0.4) is 0 Å². The molecule has 136 valence electrons. The molecule has 11 heteroatoms. The van der Waals surface area contributed by atoms with Gasteiger partial charge in [0.05, 0.1) is 22.1 Å². The average molecular weight is 397 g/mol. The van der Waals surface area contributed by atoms with Crippen LogP contribution >= 0.6 is 23.2 Å². The van der Waals surface area contributed by atoms with Gasteiger partial charge in [-0.15, -0.1) is 0 Å². The highest BCUT2D eigenvalue weighted by Gasteiger charge is 2.17. The fourth-order valence-electron chi connectivity index (χ4n) is 2.54. The number of halogens is 2. The Balaban J connectivity index is 1.97.